The van der Waals surface area contributed by atoms with Crippen LogP contribution in [0, 0.1) is 5.41 Å². The molecule has 5 heteroatoms. The second-order valence-electron chi connectivity index (χ2n) is 4.67. The van der Waals surface area contributed by atoms with Crippen molar-refractivity contribution in [1.29, 1.82) is 0 Å². The van der Waals surface area contributed by atoms with Gasteiger partial charge < -0.3 is 0 Å². The number of rotatable bonds is 7. The highest BCUT2D eigenvalue weighted by atomic mass is 79.9. The lowest BCUT2D eigenvalue weighted by Gasteiger charge is -2.28. The molecule has 0 saturated heterocycles. The third kappa shape index (κ3) is 3.31. The fraction of sp³-hybridized carbons (Fsp3) is 0.769. The van der Waals surface area contributed by atoms with Crippen molar-refractivity contribution >= 4 is 43.5 Å². The van der Waals surface area contributed by atoms with Gasteiger partial charge in [0.2, 0.25) is 0 Å². The van der Waals surface area contributed by atoms with E-state index in [9.17, 15) is 0 Å². The van der Waals surface area contributed by atoms with Crippen molar-refractivity contribution in [1.82, 2.24) is 9.78 Å². The van der Waals surface area contributed by atoms with E-state index < -0.39 is 0 Å². The molecule has 1 aromatic heterocycles. The summed E-state index contributed by atoms with van der Waals surface area (Å²) in [6.07, 6.45) is 2.95. The van der Waals surface area contributed by atoms with Gasteiger partial charge in [-0.25, -0.2) is 0 Å². The van der Waals surface area contributed by atoms with Gasteiger partial charge in [0.1, 0.15) is 0 Å². The largest absolute Gasteiger partial charge is 0.268 e. The number of alkyl halides is 2. The summed E-state index contributed by atoms with van der Waals surface area (Å²) in [4.78, 5) is 0. The highest BCUT2D eigenvalue weighted by Gasteiger charge is 2.29. The van der Waals surface area contributed by atoms with Gasteiger partial charge in [0.05, 0.1) is 16.4 Å². The Bertz CT molecular complexity index is 378. The van der Waals surface area contributed by atoms with E-state index in [1.165, 1.54) is 5.69 Å². The average Bonchev–Trinajstić information content (AvgIpc) is 2.72. The predicted octanol–water partition coefficient (Wildman–Crippen LogP) is 4.85. The van der Waals surface area contributed by atoms with E-state index in [2.05, 4.69) is 62.4 Å². The number of hydrogen-bond donors (Lipinski definition) is 0. The Balaban J connectivity index is 3.12. The minimum atomic E-state index is 0.210. The Morgan fingerprint density at radius 3 is 2.22 bits per heavy atom. The van der Waals surface area contributed by atoms with Crippen LogP contribution in [-0.2, 0) is 19.4 Å². The van der Waals surface area contributed by atoms with E-state index in [1.807, 2.05) is 0 Å². The van der Waals surface area contributed by atoms with Gasteiger partial charge in [0, 0.05) is 17.2 Å². The summed E-state index contributed by atoms with van der Waals surface area (Å²) in [5, 5.41) is 7.38. The Morgan fingerprint density at radius 1 is 1.22 bits per heavy atom. The second kappa shape index (κ2) is 7.30. The van der Waals surface area contributed by atoms with Crippen LogP contribution in [0.5, 0.6) is 0 Å². The summed E-state index contributed by atoms with van der Waals surface area (Å²) >= 11 is 13.8. The molecule has 18 heavy (non-hydrogen) atoms. The molecular weight excluding hydrogens is 379 g/mol. The topological polar surface area (TPSA) is 17.8 Å². The average molecular weight is 401 g/mol. The molecule has 1 aromatic rings. The van der Waals surface area contributed by atoms with Gasteiger partial charge in [-0.3, -0.25) is 4.68 Å². The van der Waals surface area contributed by atoms with Crippen LogP contribution in [0.25, 0.3) is 0 Å². The van der Waals surface area contributed by atoms with E-state index in [-0.39, 0.29) is 5.41 Å². The summed E-state index contributed by atoms with van der Waals surface area (Å²) in [5.41, 5.74) is 2.40. The molecule has 0 aliphatic heterocycles. The quantitative estimate of drug-likeness (QED) is 0.599. The maximum Gasteiger partial charge on any atom is 0.0850 e. The number of aromatic nitrogens is 2. The zero-order valence-corrected chi connectivity index (χ0v) is 15.2. The monoisotopic (exact) mass is 398 g/mol. The Morgan fingerprint density at radius 2 is 1.83 bits per heavy atom. The number of nitrogens with zero attached hydrogens (tertiary/aromatic N) is 2. The molecule has 0 amide bonds. The van der Waals surface area contributed by atoms with Crippen LogP contribution < -0.4 is 0 Å². The first-order valence-corrected chi connectivity index (χ1v) is 9.05. The molecule has 0 aromatic carbocycles. The molecule has 0 aliphatic carbocycles. The molecule has 0 radical (unpaired) electrons. The maximum atomic E-state index is 6.47. The summed E-state index contributed by atoms with van der Waals surface area (Å²) in [7, 11) is 0. The van der Waals surface area contributed by atoms with E-state index in [0.29, 0.717) is 0 Å². The molecule has 0 aliphatic rings. The lowest BCUT2D eigenvalue weighted by atomic mass is 9.85. The summed E-state index contributed by atoms with van der Waals surface area (Å²) < 4.78 is 2.05. The van der Waals surface area contributed by atoms with Gasteiger partial charge in [-0.1, -0.05) is 57.3 Å². The van der Waals surface area contributed by atoms with Gasteiger partial charge in [-0.15, -0.1) is 0 Å². The van der Waals surface area contributed by atoms with E-state index in [1.54, 1.807) is 0 Å². The second-order valence-corrected chi connectivity index (χ2v) is 6.17. The zero-order chi connectivity index (χ0) is 13.8. The van der Waals surface area contributed by atoms with Crippen molar-refractivity contribution in [2.75, 3.05) is 10.7 Å². The number of hydrogen-bond acceptors (Lipinski definition) is 1. The molecule has 0 atom stereocenters. The van der Waals surface area contributed by atoms with Crippen molar-refractivity contribution in [2.24, 2.45) is 5.41 Å². The van der Waals surface area contributed by atoms with Crippen LogP contribution >= 0.6 is 43.5 Å². The van der Waals surface area contributed by atoms with Crippen molar-refractivity contribution in [2.45, 2.75) is 46.6 Å². The lowest BCUT2D eigenvalue weighted by Crippen LogP contribution is -2.28. The first-order chi connectivity index (χ1) is 8.57. The highest BCUT2D eigenvalue weighted by Crippen LogP contribution is 2.35. The minimum absolute atomic E-state index is 0.210. The van der Waals surface area contributed by atoms with E-state index in [4.69, 9.17) is 11.6 Å². The van der Waals surface area contributed by atoms with Crippen molar-refractivity contribution in [3.63, 3.8) is 0 Å². The zero-order valence-electron chi connectivity index (χ0n) is 11.3. The molecule has 1 rings (SSSR count). The van der Waals surface area contributed by atoms with Gasteiger partial charge in [0.25, 0.3) is 0 Å². The van der Waals surface area contributed by atoms with Crippen LogP contribution in [-0.4, -0.2) is 20.4 Å². The van der Waals surface area contributed by atoms with Gasteiger partial charge >= 0.3 is 0 Å². The van der Waals surface area contributed by atoms with E-state index in [0.717, 1.165) is 47.2 Å². The van der Waals surface area contributed by atoms with Crippen molar-refractivity contribution in [3.8, 4) is 0 Å². The molecule has 0 spiro atoms. The first-order valence-electron chi connectivity index (χ1n) is 6.43. The third-order valence-electron chi connectivity index (χ3n) is 3.55. The van der Waals surface area contributed by atoms with Crippen molar-refractivity contribution in [3.05, 3.63) is 16.4 Å². The van der Waals surface area contributed by atoms with E-state index >= 15 is 0 Å². The Kier molecular flexibility index (Phi) is 6.70. The summed E-state index contributed by atoms with van der Waals surface area (Å²) in [5.74, 6) is 0. The Hall–Kier alpha value is 0.460. The number of aryl methyl sites for hydroxylation is 2. The Labute approximate surface area is 132 Å². The number of halogens is 3. The smallest absolute Gasteiger partial charge is 0.0850 e. The van der Waals surface area contributed by atoms with Crippen LogP contribution in [0.4, 0.5) is 0 Å². The minimum Gasteiger partial charge on any atom is -0.268 e. The molecule has 0 bridgehead atoms. The molecule has 0 N–H and O–H groups in total. The maximum absolute atomic E-state index is 6.47. The molecular formula is C13H21Br2ClN2. The van der Waals surface area contributed by atoms with Crippen LogP contribution in [0.3, 0.4) is 0 Å². The fourth-order valence-electron chi connectivity index (χ4n) is 1.99. The van der Waals surface area contributed by atoms with Crippen LogP contribution in [0.2, 0.25) is 5.02 Å². The normalized spacial score (nSPS) is 12.1. The molecule has 2 nitrogen and oxygen atoms in total. The standard InChI is InChI=1S/C13H21Br2ClN2/c1-4-10-12(16)11(18(6-3)17-10)7-13(5-2,8-14)9-15/h4-9H2,1-3H3. The molecule has 0 fully saturated rings. The molecule has 1 heterocycles. The fourth-order valence-corrected chi connectivity index (χ4v) is 4.44. The van der Waals surface area contributed by atoms with Gasteiger partial charge in [-0.2, -0.15) is 5.10 Å². The molecule has 0 unspecified atom stereocenters. The lowest BCUT2D eigenvalue weighted by molar-refractivity contribution is 0.360. The summed E-state index contributed by atoms with van der Waals surface area (Å²) in [6.45, 7) is 7.31. The third-order valence-corrected chi connectivity index (χ3v) is 6.37. The summed E-state index contributed by atoms with van der Waals surface area (Å²) in [6, 6.07) is 0. The SMILES string of the molecule is CCc1nn(CC)c(CC(CC)(CBr)CBr)c1Cl. The van der Waals surface area contributed by atoms with Gasteiger partial charge in [-0.05, 0) is 31.6 Å². The predicted molar refractivity (Wildman–Crippen MR) is 86.3 cm³/mol. The first kappa shape index (κ1) is 16.5. The van der Waals surface area contributed by atoms with Crippen LogP contribution in [0.1, 0.15) is 38.6 Å². The molecule has 104 valence electrons. The molecule has 0 saturated carbocycles. The van der Waals surface area contributed by atoms with Gasteiger partial charge in [0.15, 0.2) is 0 Å². The highest BCUT2D eigenvalue weighted by molar-refractivity contribution is 9.09. The van der Waals surface area contributed by atoms with Crippen molar-refractivity contribution < 1.29 is 0 Å². The van der Waals surface area contributed by atoms with Crippen LogP contribution in [0.15, 0.2) is 0 Å².